The Bertz CT molecular complexity index is 639. The minimum absolute atomic E-state index is 0.302. The second-order valence-electron chi connectivity index (χ2n) is 5.55. The first-order valence-corrected chi connectivity index (χ1v) is 7.48. The minimum Gasteiger partial charge on any atom is -0.486 e. The molecule has 1 aliphatic carbocycles. The topological polar surface area (TPSA) is 35.2 Å². The van der Waals surface area contributed by atoms with E-state index < -0.39 is 0 Å². The Hall–Kier alpha value is -1.87. The average Bonchev–Trinajstić information content (AvgIpc) is 2.94. The molecule has 0 heterocycles. The van der Waals surface area contributed by atoms with Gasteiger partial charge >= 0.3 is 0 Å². The van der Waals surface area contributed by atoms with Crippen LogP contribution in [0.15, 0.2) is 36.4 Å². The van der Waals surface area contributed by atoms with Crippen LogP contribution in [0, 0.1) is 5.82 Å². The lowest BCUT2D eigenvalue weighted by molar-refractivity contribution is 0.290. The van der Waals surface area contributed by atoms with E-state index in [1.54, 1.807) is 6.07 Å². The molecule has 0 radical (unpaired) electrons. The van der Waals surface area contributed by atoms with E-state index in [2.05, 4.69) is 18.2 Å². The molecule has 2 aromatic rings. The molecular weight excluding hydrogens is 265 g/mol. The van der Waals surface area contributed by atoms with Crippen molar-refractivity contribution in [3.8, 4) is 5.75 Å². The van der Waals surface area contributed by atoms with Gasteiger partial charge in [0.25, 0.3) is 0 Å². The zero-order valence-corrected chi connectivity index (χ0v) is 12.1. The molecule has 0 spiro atoms. The Kier molecular flexibility index (Phi) is 4.20. The maximum Gasteiger partial charge on any atom is 0.165 e. The fraction of sp³-hybridized carbons (Fsp3) is 0.333. The van der Waals surface area contributed by atoms with E-state index in [1.807, 2.05) is 6.07 Å². The zero-order valence-electron chi connectivity index (χ0n) is 12.1. The van der Waals surface area contributed by atoms with Gasteiger partial charge in [0.05, 0.1) is 0 Å². The molecule has 0 aliphatic heterocycles. The standard InChI is InChI=1S/C18H20FNO/c19-17-11-13(8-9-20)5-7-18(17)21-12-14-4-6-15-2-1-3-16(15)10-14/h4-7,10-11H,1-3,8-9,12,20H2. The Morgan fingerprint density at radius 2 is 1.81 bits per heavy atom. The smallest absolute Gasteiger partial charge is 0.165 e. The van der Waals surface area contributed by atoms with Crippen LogP contribution in [-0.2, 0) is 25.9 Å². The van der Waals surface area contributed by atoms with Crippen LogP contribution in [0.3, 0.4) is 0 Å². The van der Waals surface area contributed by atoms with Gasteiger partial charge in [0, 0.05) is 0 Å². The van der Waals surface area contributed by atoms with Crippen molar-refractivity contribution in [2.45, 2.75) is 32.3 Å². The van der Waals surface area contributed by atoms with Gasteiger partial charge in [-0.2, -0.15) is 0 Å². The predicted octanol–water partition coefficient (Wildman–Crippen LogP) is 3.39. The van der Waals surface area contributed by atoms with Crippen molar-refractivity contribution in [3.63, 3.8) is 0 Å². The average molecular weight is 285 g/mol. The fourth-order valence-electron chi connectivity index (χ4n) is 2.86. The number of halogens is 1. The monoisotopic (exact) mass is 285 g/mol. The fourth-order valence-corrected chi connectivity index (χ4v) is 2.86. The first-order chi connectivity index (χ1) is 10.3. The molecule has 3 rings (SSSR count). The summed E-state index contributed by atoms with van der Waals surface area (Å²) in [6, 6.07) is 11.5. The number of fused-ring (bicyclic) bond motifs is 1. The summed E-state index contributed by atoms with van der Waals surface area (Å²) < 4.78 is 19.5. The van der Waals surface area contributed by atoms with E-state index in [9.17, 15) is 4.39 Å². The number of nitrogens with two attached hydrogens (primary N) is 1. The van der Waals surface area contributed by atoms with Gasteiger partial charge in [-0.1, -0.05) is 24.3 Å². The van der Waals surface area contributed by atoms with Crippen molar-refractivity contribution in [1.29, 1.82) is 0 Å². The minimum atomic E-state index is -0.317. The van der Waals surface area contributed by atoms with E-state index in [0.717, 1.165) is 17.5 Å². The maximum absolute atomic E-state index is 13.9. The third-order valence-corrected chi connectivity index (χ3v) is 3.99. The molecule has 2 nitrogen and oxygen atoms in total. The van der Waals surface area contributed by atoms with Crippen molar-refractivity contribution in [3.05, 3.63) is 64.5 Å². The molecule has 1 aliphatic rings. The van der Waals surface area contributed by atoms with Gasteiger partial charge in [0.15, 0.2) is 11.6 Å². The quantitative estimate of drug-likeness (QED) is 0.914. The summed E-state index contributed by atoms with van der Waals surface area (Å²) in [6.07, 6.45) is 4.23. The van der Waals surface area contributed by atoms with Crippen molar-refractivity contribution < 1.29 is 9.13 Å². The van der Waals surface area contributed by atoms with Crippen LogP contribution in [0.25, 0.3) is 0 Å². The lowest BCUT2D eigenvalue weighted by atomic mass is 10.1. The maximum atomic E-state index is 13.9. The molecule has 2 N–H and O–H groups in total. The van der Waals surface area contributed by atoms with Crippen LogP contribution in [0.4, 0.5) is 4.39 Å². The number of ether oxygens (including phenoxy) is 1. The molecule has 21 heavy (non-hydrogen) atoms. The van der Waals surface area contributed by atoms with Crippen LogP contribution in [-0.4, -0.2) is 6.54 Å². The summed E-state index contributed by atoms with van der Waals surface area (Å²) in [5, 5.41) is 0. The highest BCUT2D eigenvalue weighted by Gasteiger charge is 2.11. The van der Waals surface area contributed by atoms with E-state index in [1.165, 1.54) is 30.0 Å². The molecule has 3 heteroatoms. The third-order valence-electron chi connectivity index (χ3n) is 3.99. The number of hydrogen-bond acceptors (Lipinski definition) is 2. The van der Waals surface area contributed by atoms with Gasteiger partial charge in [-0.3, -0.25) is 0 Å². The molecule has 0 unspecified atom stereocenters. The summed E-state index contributed by atoms with van der Waals surface area (Å²) in [5.74, 6) is -0.0154. The second kappa shape index (κ2) is 6.27. The molecule has 0 saturated carbocycles. The number of hydrogen-bond donors (Lipinski definition) is 1. The lowest BCUT2D eigenvalue weighted by Crippen LogP contribution is -2.04. The van der Waals surface area contributed by atoms with Crippen LogP contribution in [0.1, 0.15) is 28.7 Å². The third kappa shape index (κ3) is 3.24. The van der Waals surface area contributed by atoms with E-state index >= 15 is 0 Å². The van der Waals surface area contributed by atoms with Crippen LogP contribution >= 0.6 is 0 Å². The second-order valence-corrected chi connectivity index (χ2v) is 5.55. The number of rotatable bonds is 5. The summed E-state index contributed by atoms with van der Waals surface area (Å²) in [6.45, 7) is 0.926. The number of benzene rings is 2. The molecule has 110 valence electrons. The first-order valence-electron chi connectivity index (χ1n) is 7.48. The zero-order chi connectivity index (χ0) is 14.7. The highest BCUT2D eigenvalue weighted by atomic mass is 19.1. The largest absolute Gasteiger partial charge is 0.486 e. The van der Waals surface area contributed by atoms with Gasteiger partial charge in [0.1, 0.15) is 6.61 Å². The summed E-state index contributed by atoms with van der Waals surface area (Å²) in [4.78, 5) is 0. The highest BCUT2D eigenvalue weighted by molar-refractivity contribution is 5.35. The molecule has 0 fully saturated rings. The van der Waals surface area contributed by atoms with Crippen LogP contribution < -0.4 is 10.5 Å². The molecule has 0 amide bonds. The molecular formula is C18H20FNO. The predicted molar refractivity (Wildman–Crippen MR) is 82.0 cm³/mol. The Morgan fingerprint density at radius 3 is 2.62 bits per heavy atom. The van der Waals surface area contributed by atoms with Crippen molar-refractivity contribution in [2.75, 3.05) is 6.54 Å². The Labute approximate surface area is 124 Å². The van der Waals surface area contributed by atoms with E-state index in [-0.39, 0.29) is 5.82 Å². The Morgan fingerprint density at radius 1 is 1.00 bits per heavy atom. The van der Waals surface area contributed by atoms with E-state index in [0.29, 0.717) is 25.3 Å². The van der Waals surface area contributed by atoms with Gasteiger partial charge in [-0.15, -0.1) is 0 Å². The van der Waals surface area contributed by atoms with Gasteiger partial charge in [-0.25, -0.2) is 4.39 Å². The van der Waals surface area contributed by atoms with Crippen LogP contribution in [0.2, 0.25) is 0 Å². The molecule has 2 aromatic carbocycles. The van der Waals surface area contributed by atoms with Crippen molar-refractivity contribution in [2.24, 2.45) is 5.73 Å². The Balaban J connectivity index is 1.67. The van der Waals surface area contributed by atoms with Crippen molar-refractivity contribution in [1.82, 2.24) is 0 Å². The lowest BCUT2D eigenvalue weighted by Gasteiger charge is -2.10. The first kappa shape index (κ1) is 14.1. The molecule has 0 atom stereocenters. The normalized spacial score (nSPS) is 13.2. The van der Waals surface area contributed by atoms with Crippen molar-refractivity contribution >= 4 is 0 Å². The SMILES string of the molecule is NCCc1ccc(OCc2ccc3c(c2)CCC3)c(F)c1. The molecule has 0 aromatic heterocycles. The van der Waals surface area contributed by atoms with Gasteiger partial charge in [0.2, 0.25) is 0 Å². The number of aryl methyl sites for hydroxylation is 2. The highest BCUT2D eigenvalue weighted by Crippen LogP contribution is 2.24. The van der Waals surface area contributed by atoms with E-state index in [4.69, 9.17) is 10.5 Å². The summed E-state index contributed by atoms with van der Waals surface area (Å²) in [5.41, 5.74) is 10.3. The summed E-state index contributed by atoms with van der Waals surface area (Å²) >= 11 is 0. The van der Waals surface area contributed by atoms with Crippen LogP contribution in [0.5, 0.6) is 5.75 Å². The summed E-state index contributed by atoms with van der Waals surface area (Å²) in [7, 11) is 0. The molecule has 0 bridgehead atoms. The van der Waals surface area contributed by atoms with Gasteiger partial charge in [-0.05, 0) is 66.6 Å². The molecule has 0 saturated heterocycles. The van der Waals surface area contributed by atoms with Gasteiger partial charge < -0.3 is 10.5 Å².